The van der Waals surface area contributed by atoms with Crippen LogP contribution in [-0.4, -0.2) is 39.6 Å². The van der Waals surface area contributed by atoms with Gasteiger partial charge < -0.3 is 9.73 Å². The van der Waals surface area contributed by atoms with E-state index in [-0.39, 0.29) is 0 Å². The zero-order valence-corrected chi connectivity index (χ0v) is 12.9. The van der Waals surface area contributed by atoms with Crippen molar-refractivity contribution >= 4 is 17.8 Å². The first kappa shape index (κ1) is 17.5. The molecular weight excluding hydrogens is 357 g/mol. The standard InChI is InChI=1S/C15H11F3N4O4/c16-15(17,18)14(20-11(23)10-4-2-6-26-10)12(24)22(13(25)21-14)8-9-3-1-5-19-7-9/h1-7H,8H2,(H,20,23)(H,21,25)/t14-/m1/s1. The van der Waals surface area contributed by atoms with Crippen LogP contribution in [0.25, 0.3) is 0 Å². The molecule has 0 aromatic carbocycles. The minimum atomic E-state index is -5.29. The van der Waals surface area contributed by atoms with Gasteiger partial charge in [-0.15, -0.1) is 0 Å². The van der Waals surface area contributed by atoms with Gasteiger partial charge in [-0.1, -0.05) is 6.07 Å². The average Bonchev–Trinajstić information content (AvgIpc) is 3.19. The molecular formula is C15H11F3N4O4. The summed E-state index contributed by atoms with van der Waals surface area (Å²) in [7, 11) is 0. The Labute approximate surface area is 144 Å². The van der Waals surface area contributed by atoms with Crippen molar-refractivity contribution in [1.82, 2.24) is 20.5 Å². The molecule has 1 aliphatic heterocycles. The van der Waals surface area contributed by atoms with Gasteiger partial charge in [-0.25, -0.2) is 4.79 Å². The maximum Gasteiger partial charge on any atom is 0.440 e. The number of nitrogens with zero attached hydrogens (tertiary/aromatic N) is 2. The molecule has 0 saturated carbocycles. The van der Waals surface area contributed by atoms with Crippen LogP contribution in [0.15, 0.2) is 47.3 Å². The predicted molar refractivity (Wildman–Crippen MR) is 78.3 cm³/mol. The van der Waals surface area contributed by atoms with Gasteiger partial charge in [0, 0.05) is 12.4 Å². The number of aromatic nitrogens is 1. The van der Waals surface area contributed by atoms with Crippen molar-refractivity contribution in [3.8, 4) is 0 Å². The Balaban J connectivity index is 1.91. The highest BCUT2D eigenvalue weighted by atomic mass is 19.4. The van der Waals surface area contributed by atoms with Gasteiger partial charge in [0.2, 0.25) is 0 Å². The topological polar surface area (TPSA) is 105 Å². The van der Waals surface area contributed by atoms with E-state index < -0.39 is 42.0 Å². The molecule has 0 unspecified atom stereocenters. The first-order valence-corrected chi connectivity index (χ1v) is 7.20. The van der Waals surface area contributed by atoms with Crippen LogP contribution < -0.4 is 10.6 Å². The Morgan fingerprint density at radius 1 is 1.31 bits per heavy atom. The van der Waals surface area contributed by atoms with Gasteiger partial charge in [-0.2, -0.15) is 13.2 Å². The number of halogens is 3. The van der Waals surface area contributed by atoms with Crippen molar-refractivity contribution in [1.29, 1.82) is 0 Å². The maximum atomic E-state index is 13.6. The minimum absolute atomic E-state index is 0.339. The third-order valence-corrected chi connectivity index (χ3v) is 3.64. The smallest absolute Gasteiger partial charge is 0.440 e. The first-order chi connectivity index (χ1) is 12.2. The van der Waals surface area contributed by atoms with E-state index in [0.717, 1.165) is 12.3 Å². The second kappa shape index (κ2) is 6.17. The van der Waals surface area contributed by atoms with E-state index in [1.165, 1.54) is 41.2 Å². The lowest BCUT2D eigenvalue weighted by atomic mass is 10.1. The van der Waals surface area contributed by atoms with Crippen LogP contribution in [0.3, 0.4) is 0 Å². The molecule has 2 aromatic rings. The van der Waals surface area contributed by atoms with Gasteiger partial charge in [0.15, 0.2) is 5.76 Å². The number of amides is 4. The molecule has 1 fully saturated rings. The number of furan rings is 1. The van der Waals surface area contributed by atoms with E-state index in [4.69, 9.17) is 4.42 Å². The van der Waals surface area contributed by atoms with E-state index in [9.17, 15) is 27.6 Å². The second-order valence-electron chi connectivity index (χ2n) is 5.36. The molecule has 8 nitrogen and oxygen atoms in total. The molecule has 11 heteroatoms. The number of pyridine rings is 1. The molecule has 0 aliphatic carbocycles. The highest BCUT2D eigenvalue weighted by molar-refractivity contribution is 6.09. The summed E-state index contributed by atoms with van der Waals surface area (Å²) >= 11 is 0. The lowest BCUT2D eigenvalue weighted by Gasteiger charge is -2.29. The van der Waals surface area contributed by atoms with Gasteiger partial charge in [0.05, 0.1) is 12.8 Å². The van der Waals surface area contributed by atoms with Gasteiger partial charge in [-0.3, -0.25) is 24.8 Å². The van der Waals surface area contributed by atoms with E-state index in [0.29, 0.717) is 10.5 Å². The van der Waals surface area contributed by atoms with Crippen LogP contribution in [0, 0.1) is 0 Å². The van der Waals surface area contributed by atoms with Crippen molar-refractivity contribution in [2.45, 2.75) is 18.4 Å². The molecule has 2 aromatic heterocycles. The number of hydrogen-bond donors (Lipinski definition) is 2. The van der Waals surface area contributed by atoms with E-state index in [1.807, 2.05) is 0 Å². The van der Waals surface area contributed by atoms with Crippen LogP contribution in [0.4, 0.5) is 18.0 Å². The molecule has 2 N–H and O–H groups in total. The fourth-order valence-corrected chi connectivity index (χ4v) is 2.38. The zero-order valence-electron chi connectivity index (χ0n) is 12.9. The summed E-state index contributed by atoms with van der Waals surface area (Å²) in [5.41, 5.74) is -3.25. The molecule has 3 heterocycles. The van der Waals surface area contributed by atoms with Gasteiger partial charge in [0.25, 0.3) is 17.5 Å². The monoisotopic (exact) mass is 368 g/mol. The average molecular weight is 368 g/mol. The van der Waals surface area contributed by atoms with Gasteiger partial charge >= 0.3 is 12.2 Å². The summed E-state index contributed by atoms with van der Waals surface area (Å²) in [4.78, 5) is 40.6. The normalized spacial score (nSPS) is 20.2. The number of alkyl halides is 3. The number of urea groups is 1. The summed E-state index contributed by atoms with van der Waals surface area (Å²) in [6.45, 7) is -0.438. The Morgan fingerprint density at radius 3 is 2.65 bits per heavy atom. The molecule has 26 heavy (non-hydrogen) atoms. The number of hydrogen-bond acceptors (Lipinski definition) is 5. The number of imide groups is 1. The molecule has 0 radical (unpaired) electrons. The minimum Gasteiger partial charge on any atom is -0.459 e. The Hall–Kier alpha value is -3.37. The number of rotatable bonds is 4. The van der Waals surface area contributed by atoms with Crippen molar-refractivity contribution in [2.75, 3.05) is 0 Å². The lowest BCUT2D eigenvalue weighted by Crippen LogP contribution is -2.69. The highest BCUT2D eigenvalue weighted by Gasteiger charge is 2.68. The SMILES string of the molecule is O=C(N[C@@]1(C(F)(F)F)NC(=O)N(Cc2cccnc2)C1=O)c1ccco1. The molecule has 1 aliphatic rings. The van der Waals surface area contributed by atoms with Crippen molar-refractivity contribution in [2.24, 2.45) is 0 Å². The molecule has 136 valence electrons. The molecule has 3 rings (SSSR count). The summed E-state index contributed by atoms with van der Waals surface area (Å²) in [6, 6.07) is 4.11. The van der Waals surface area contributed by atoms with Crippen molar-refractivity contribution in [3.05, 3.63) is 54.2 Å². The first-order valence-electron chi connectivity index (χ1n) is 7.20. The Bertz CT molecular complexity index is 838. The molecule has 4 amide bonds. The maximum absolute atomic E-state index is 13.6. The molecule has 1 saturated heterocycles. The highest BCUT2D eigenvalue weighted by Crippen LogP contribution is 2.34. The van der Waals surface area contributed by atoms with E-state index >= 15 is 0 Å². The Kier molecular flexibility index (Phi) is 4.14. The summed E-state index contributed by atoms with van der Waals surface area (Å²) in [5.74, 6) is -3.40. The summed E-state index contributed by atoms with van der Waals surface area (Å²) < 4.78 is 45.6. The fraction of sp³-hybridized carbons (Fsp3) is 0.200. The molecule has 0 spiro atoms. The summed E-state index contributed by atoms with van der Waals surface area (Å²) in [5, 5.41) is 3.07. The quantitative estimate of drug-likeness (QED) is 0.794. The van der Waals surface area contributed by atoms with Gasteiger partial charge in [0.1, 0.15) is 0 Å². The second-order valence-corrected chi connectivity index (χ2v) is 5.36. The number of nitrogens with one attached hydrogen (secondary N) is 2. The molecule has 1 atom stereocenters. The third-order valence-electron chi connectivity index (χ3n) is 3.64. The molecule has 0 bridgehead atoms. The van der Waals surface area contributed by atoms with Crippen LogP contribution in [0.1, 0.15) is 16.1 Å². The van der Waals surface area contributed by atoms with Crippen molar-refractivity contribution in [3.63, 3.8) is 0 Å². The zero-order chi connectivity index (χ0) is 18.9. The van der Waals surface area contributed by atoms with E-state index in [2.05, 4.69) is 4.98 Å². The van der Waals surface area contributed by atoms with Crippen LogP contribution in [-0.2, 0) is 11.3 Å². The van der Waals surface area contributed by atoms with E-state index in [1.54, 1.807) is 0 Å². The lowest BCUT2D eigenvalue weighted by molar-refractivity contribution is -0.200. The third kappa shape index (κ3) is 2.87. The number of carbonyl (C=O) groups is 3. The Morgan fingerprint density at radius 2 is 2.08 bits per heavy atom. The van der Waals surface area contributed by atoms with Gasteiger partial charge in [-0.05, 0) is 23.8 Å². The van der Waals surface area contributed by atoms with Crippen LogP contribution in [0.5, 0.6) is 0 Å². The van der Waals surface area contributed by atoms with Crippen molar-refractivity contribution < 1.29 is 32.0 Å². The predicted octanol–water partition coefficient (Wildman–Crippen LogP) is 1.42. The number of carbonyl (C=O) groups excluding carboxylic acids is 3. The fourth-order valence-electron chi connectivity index (χ4n) is 2.38. The van der Waals surface area contributed by atoms with Crippen LogP contribution in [0.2, 0.25) is 0 Å². The van der Waals surface area contributed by atoms with Crippen LogP contribution >= 0.6 is 0 Å². The summed E-state index contributed by atoms with van der Waals surface area (Å²) in [6.07, 6.45) is -1.47. The largest absolute Gasteiger partial charge is 0.459 e.